The Balaban J connectivity index is 2.44. The molecule has 1 rings (SSSR count). The molecule has 2 heteroatoms. The quantitative estimate of drug-likeness (QED) is 0.537. The summed E-state index contributed by atoms with van der Waals surface area (Å²) in [4.78, 5) is 11.0. The van der Waals surface area contributed by atoms with Gasteiger partial charge in [0.2, 0.25) is 0 Å². The summed E-state index contributed by atoms with van der Waals surface area (Å²) in [6.45, 7) is 3.95. The monoisotopic (exact) mass is 189 g/mol. The van der Waals surface area contributed by atoms with Crippen molar-refractivity contribution in [3.05, 3.63) is 48.9 Å². The van der Waals surface area contributed by atoms with Crippen LogP contribution in [0.5, 0.6) is 0 Å². The molecular formula is C12H13O2. The molecule has 0 unspecified atom stereocenters. The van der Waals surface area contributed by atoms with E-state index < -0.39 is 0 Å². The zero-order chi connectivity index (χ0) is 10.2. The summed E-state index contributed by atoms with van der Waals surface area (Å²) in [5, 5.41) is 0. The molecule has 0 saturated carbocycles. The lowest BCUT2D eigenvalue weighted by atomic mass is 10.2. The van der Waals surface area contributed by atoms with Gasteiger partial charge in [-0.05, 0) is 25.0 Å². The molecule has 0 aliphatic carbocycles. The minimum absolute atomic E-state index is 0.322. The van der Waals surface area contributed by atoms with E-state index >= 15 is 0 Å². The van der Waals surface area contributed by atoms with Crippen LogP contribution in [0.25, 0.3) is 6.08 Å². The summed E-state index contributed by atoms with van der Waals surface area (Å²) < 4.78 is 4.82. The molecule has 0 atom stereocenters. The van der Waals surface area contributed by atoms with Crippen LogP contribution in [-0.2, 0) is 9.53 Å². The van der Waals surface area contributed by atoms with E-state index in [-0.39, 0.29) is 5.97 Å². The first-order valence-electron chi connectivity index (χ1n) is 4.52. The first-order chi connectivity index (χ1) is 6.83. The number of esters is 1. The van der Waals surface area contributed by atoms with Gasteiger partial charge in [-0.3, -0.25) is 0 Å². The third kappa shape index (κ3) is 3.90. The van der Waals surface area contributed by atoms with Crippen molar-refractivity contribution in [1.29, 1.82) is 0 Å². The van der Waals surface area contributed by atoms with Crippen LogP contribution in [0.3, 0.4) is 0 Å². The van der Waals surface area contributed by atoms with Crippen molar-refractivity contribution in [2.75, 3.05) is 6.61 Å². The largest absolute Gasteiger partial charge is 0.463 e. The molecule has 0 aliphatic heterocycles. The fourth-order valence-corrected chi connectivity index (χ4v) is 0.949. The van der Waals surface area contributed by atoms with Crippen LogP contribution in [0.4, 0.5) is 0 Å². The molecule has 0 saturated heterocycles. The highest BCUT2D eigenvalue weighted by atomic mass is 16.5. The number of benzene rings is 1. The van der Waals surface area contributed by atoms with Crippen LogP contribution in [0.2, 0.25) is 0 Å². The summed E-state index contributed by atoms with van der Waals surface area (Å²) in [6.07, 6.45) is 3.75. The molecule has 73 valence electrons. The first-order valence-corrected chi connectivity index (χ1v) is 4.52. The molecule has 0 aromatic heterocycles. The minimum Gasteiger partial charge on any atom is -0.463 e. The molecule has 1 radical (unpaired) electrons. The van der Waals surface area contributed by atoms with Gasteiger partial charge in [-0.1, -0.05) is 30.3 Å². The zero-order valence-corrected chi connectivity index (χ0v) is 7.98. The number of hydrogen-bond donors (Lipinski definition) is 0. The maximum atomic E-state index is 11.0. The lowest BCUT2D eigenvalue weighted by molar-refractivity contribution is -0.137. The third-order valence-corrected chi connectivity index (χ3v) is 1.60. The van der Waals surface area contributed by atoms with Gasteiger partial charge in [0.25, 0.3) is 0 Å². The molecule has 14 heavy (non-hydrogen) atoms. The van der Waals surface area contributed by atoms with Gasteiger partial charge in [0.05, 0.1) is 6.61 Å². The number of carbonyl (C=O) groups is 1. The Labute approximate surface area is 84.2 Å². The summed E-state index contributed by atoms with van der Waals surface area (Å²) in [5.74, 6) is -0.322. The first kappa shape index (κ1) is 10.5. The lowest BCUT2D eigenvalue weighted by Gasteiger charge is -1.97. The van der Waals surface area contributed by atoms with Crippen LogP contribution in [0.1, 0.15) is 12.0 Å². The molecular weight excluding hydrogens is 176 g/mol. The predicted molar refractivity (Wildman–Crippen MR) is 56.4 cm³/mol. The fraction of sp³-hybridized carbons (Fsp3) is 0.167. The lowest BCUT2D eigenvalue weighted by Crippen LogP contribution is -2.00. The standard InChI is InChI=1S/C12H13O2/c1-2-10-14-12(13)9-8-11-6-4-3-5-7-11/h3-9H,1-2,10H2/b9-8+. The Kier molecular flexibility index (Phi) is 4.48. The summed E-state index contributed by atoms with van der Waals surface area (Å²) in [7, 11) is 0. The van der Waals surface area contributed by atoms with Crippen molar-refractivity contribution in [3.8, 4) is 0 Å². The molecule has 0 fully saturated rings. The molecule has 0 amide bonds. The van der Waals surface area contributed by atoms with E-state index in [1.54, 1.807) is 6.08 Å². The Morgan fingerprint density at radius 2 is 2.07 bits per heavy atom. The minimum atomic E-state index is -0.322. The topological polar surface area (TPSA) is 26.3 Å². The normalized spacial score (nSPS) is 10.4. The van der Waals surface area contributed by atoms with Gasteiger partial charge in [0, 0.05) is 6.08 Å². The summed E-state index contributed by atoms with van der Waals surface area (Å²) in [5.41, 5.74) is 0.985. The van der Waals surface area contributed by atoms with E-state index in [0.29, 0.717) is 13.0 Å². The molecule has 1 aromatic carbocycles. The average Bonchev–Trinajstić information content (AvgIpc) is 2.25. The fourth-order valence-electron chi connectivity index (χ4n) is 0.949. The highest BCUT2D eigenvalue weighted by Gasteiger charge is 1.93. The van der Waals surface area contributed by atoms with E-state index in [9.17, 15) is 4.79 Å². The number of carbonyl (C=O) groups excluding carboxylic acids is 1. The second kappa shape index (κ2) is 5.97. The Morgan fingerprint density at radius 1 is 1.36 bits per heavy atom. The van der Waals surface area contributed by atoms with Gasteiger partial charge in [-0.15, -0.1) is 0 Å². The van der Waals surface area contributed by atoms with Crippen molar-refractivity contribution < 1.29 is 9.53 Å². The SMILES string of the molecule is [CH2]CCOC(=O)/C=C/c1ccccc1. The Hall–Kier alpha value is -1.57. The highest BCUT2D eigenvalue weighted by molar-refractivity contribution is 5.86. The maximum Gasteiger partial charge on any atom is 0.330 e. The molecule has 0 N–H and O–H groups in total. The predicted octanol–water partition coefficient (Wildman–Crippen LogP) is 2.47. The maximum absolute atomic E-state index is 11.0. The second-order valence-electron chi connectivity index (χ2n) is 2.77. The Bertz CT molecular complexity index is 301. The van der Waals surface area contributed by atoms with Crippen LogP contribution in [0.15, 0.2) is 36.4 Å². The van der Waals surface area contributed by atoms with Gasteiger partial charge in [-0.2, -0.15) is 0 Å². The molecule has 1 aromatic rings. The van der Waals surface area contributed by atoms with Crippen molar-refractivity contribution in [2.45, 2.75) is 6.42 Å². The Morgan fingerprint density at radius 3 is 2.71 bits per heavy atom. The molecule has 0 spiro atoms. The van der Waals surface area contributed by atoms with E-state index in [2.05, 4.69) is 6.92 Å². The molecule has 0 bridgehead atoms. The van der Waals surface area contributed by atoms with Gasteiger partial charge >= 0.3 is 5.97 Å². The van der Waals surface area contributed by atoms with Crippen LogP contribution < -0.4 is 0 Å². The smallest absolute Gasteiger partial charge is 0.330 e. The van der Waals surface area contributed by atoms with Crippen LogP contribution >= 0.6 is 0 Å². The van der Waals surface area contributed by atoms with Gasteiger partial charge < -0.3 is 4.74 Å². The number of rotatable bonds is 4. The van der Waals surface area contributed by atoms with Crippen molar-refractivity contribution >= 4 is 12.0 Å². The van der Waals surface area contributed by atoms with Gasteiger partial charge in [-0.25, -0.2) is 4.79 Å². The number of hydrogen-bond acceptors (Lipinski definition) is 2. The highest BCUT2D eigenvalue weighted by Crippen LogP contribution is 2.00. The summed E-state index contributed by atoms with van der Waals surface area (Å²) >= 11 is 0. The van der Waals surface area contributed by atoms with Crippen LogP contribution in [-0.4, -0.2) is 12.6 Å². The van der Waals surface area contributed by atoms with Gasteiger partial charge in [0.15, 0.2) is 0 Å². The second-order valence-corrected chi connectivity index (χ2v) is 2.77. The van der Waals surface area contributed by atoms with E-state index in [1.807, 2.05) is 30.3 Å². The van der Waals surface area contributed by atoms with E-state index in [0.717, 1.165) is 5.56 Å². The van der Waals surface area contributed by atoms with Gasteiger partial charge in [0.1, 0.15) is 0 Å². The van der Waals surface area contributed by atoms with E-state index in [1.165, 1.54) is 6.08 Å². The zero-order valence-electron chi connectivity index (χ0n) is 7.98. The molecule has 0 aliphatic rings. The summed E-state index contributed by atoms with van der Waals surface area (Å²) in [6, 6.07) is 9.61. The third-order valence-electron chi connectivity index (χ3n) is 1.60. The van der Waals surface area contributed by atoms with Crippen molar-refractivity contribution in [2.24, 2.45) is 0 Å². The van der Waals surface area contributed by atoms with Crippen molar-refractivity contribution in [3.63, 3.8) is 0 Å². The van der Waals surface area contributed by atoms with Crippen molar-refractivity contribution in [1.82, 2.24) is 0 Å². The number of ether oxygens (including phenoxy) is 1. The van der Waals surface area contributed by atoms with E-state index in [4.69, 9.17) is 4.74 Å². The van der Waals surface area contributed by atoms with Crippen LogP contribution in [0, 0.1) is 6.92 Å². The average molecular weight is 189 g/mol. The molecule has 2 nitrogen and oxygen atoms in total. The molecule has 0 heterocycles.